The standard InChI is InChI=1S/C23H42O2/c1-15(2)14-24-17(5)25-18-10-11-23(9)20(12-18)21(23)19(16(3)4)13-22(6,7)8/h12,15-19,21H,10-11,13-14H2,1-9H3. The van der Waals surface area contributed by atoms with Gasteiger partial charge in [0.2, 0.25) is 0 Å². The van der Waals surface area contributed by atoms with Crippen LogP contribution in [-0.2, 0) is 9.47 Å². The van der Waals surface area contributed by atoms with E-state index in [0.29, 0.717) is 16.7 Å². The molecule has 0 radical (unpaired) electrons. The van der Waals surface area contributed by atoms with Crippen molar-refractivity contribution in [3.05, 3.63) is 11.6 Å². The van der Waals surface area contributed by atoms with Crippen LogP contribution in [0.2, 0.25) is 0 Å². The zero-order valence-electron chi connectivity index (χ0n) is 18.2. The monoisotopic (exact) mass is 350 g/mol. The molecule has 0 aliphatic heterocycles. The van der Waals surface area contributed by atoms with E-state index in [2.05, 4.69) is 61.5 Å². The highest BCUT2D eigenvalue weighted by molar-refractivity contribution is 5.41. The molecule has 0 heterocycles. The van der Waals surface area contributed by atoms with Gasteiger partial charge in [-0.3, -0.25) is 0 Å². The van der Waals surface area contributed by atoms with Gasteiger partial charge in [-0.05, 0) is 60.7 Å². The minimum absolute atomic E-state index is 0.110. The maximum Gasteiger partial charge on any atom is 0.155 e. The van der Waals surface area contributed by atoms with E-state index in [4.69, 9.17) is 9.47 Å². The van der Waals surface area contributed by atoms with Gasteiger partial charge in [-0.2, -0.15) is 0 Å². The highest BCUT2D eigenvalue weighted by Crippen LogP contribution is 2.68. The number of hydrogen-bond acceptors (Lipinski definition) is 2. The van der Waals surface area contributed by atoms with Gasteiger partial charge in [-0.25, -0.2) is 0 Å². The average Bonchev–Trinajstić information content (AvgIpc) is 3.06. The van der Waals surface area contributed by atoms with E-state index in [1.54, 1.807) is 5.57 Å². The van der Waals surface area contributed by atoms with E-state index in [1.165, 1.54) is 12.8 Å². The predicted octanol–water partition coefficient (Wildman–Crippen LogP) is 6.45. The quantitative estimate of drug-likeness (QED) is 0.370. The first-order valence-corrected chi connectivity index (χ1v) is 10.4. The van der Waals surface area contributed by atoms with E-state index in [1.807, 2.05) is 6.92 Å². The fraction of sp³-hybridized carbons (Fsp3) is 0.913. The molecule has 0 aromatic heterocycles. The molecule has 25 heavy (non-hydrogen) atoms. The second-order valence-corrected chi connectivity index (χ2v) is 10.7. The van der Waals surface area contributed by atoms with Crippen molar-refractivity contribution in [3.8, 4) is 0 Å². The van der Waals surface area contributed by atoms with Gasteiger partial charge >= 0.3 is 0 Å². The average molecular weight is 351 g/mol. The van der Waals surface area contributed by atoms with Gasteiger partial charge in [-0.15, -0.1) is 0 Å². The fourth-order valence-electron chi connectivity index (χ4n) is 4.73. The predicted molar refractivity (Wildman–Crippen MR) is 106 cm³/mol. The summed E-state index contributed by atoms with van der Waals surface area (Å²) in [6.07, 6.45) is 6.27. The van der Waals surface area contributed by atoms with Crippen LogP contribution in [0.4, 0.5) is 0 Å². The Morgan fingerprint density at radius 3 is 2.32 bits per heavy atom. The lowest BCUT2D eigenvalue weighted by Gasteiger charge is -2.30. The summed E-state index contributed by atoms with van der Waals surface area (Å²) >= 11 is 0. The number of ether oxygens (including phenoxy) is 2. The first-order valence-electron chi connectivity index (χ1n) is 10.4. The normalized spacial score (nSPS) is 31.7. The Morgan fingerprint density at radius 2 is 1.80 bits per heavy atom. The zero-order chi connectivity index (χ0) is 19.0. The van der Waals surface area contributed by atoms with Gasteiger partial charge in [-0.1, -0.05) is 67.0 Å². The van der Waals surface area contributed by atoms with Crippen molar-refractivity contribution < 1.29 is 9.47 Å². The highest BCUT2D eigenvalue weighted by Gasteiger charge is 2.60. The lowest BCUT2D eigenvalue weighted by atomic mass is 9.75. The molecule has 0 spiro atoms. The zero-order valence-corrected chi connectivity index (χ0v) is 18.2. The third kappa shape index (κ3) is 5.32. The smallest absolute Gasteiger partial charge is 0.155 e. The van der Waals surface area contributed by atoms with Gasteiger partial charge in [0, 0.05) is 0 Å². The maximum absolute atomic E-state index is 6.17. The number of rotatable bonds is 8. The van der Waals surface area contributed by atoms with E-state index in [0.717, 1.165) is 30.8 Å². The molecule has 0 saturated heterocycles. The maximum atomic E-state index is 6.17. The van der Waals surface area contributed by atoms with Gasteiger partial charge in [0.1, 0.15) is 0 Å². The van der Waals surface area contributed by atoms with Crippen molar-refractivity contribution in [1.29, 1.82) is 0 Å². The van der Waals surface area contributed by atoms with Crippen molar-refractivity contribution in [1.82, 2.24) is 0 Å². The van der Waals surface area contributed by atoms with Crippen LogP contribution in [0, 0.1) is 34.5 Å². The SMILES string of the molecule is CC(C)COC(C)OC1C=C2C(C(CC(C)(C)C)C(C)C)C2(C)CC1. The molecule has 0 N–H and O–H groups in total. The second-order valence-electron chi connectivity index (χ2n) is 10.7. The minimum atomic E-state index is -0.110. The Bertz CT molecular complexity index is 471. The molecule has 5 unspecified atom stereocenters. The molecular formula is C23H42O2. The van der Waals surface area contributed by atoms with Crippen LogP contribution in [0.15, 0.2) is 11.6 Å². The summed E-state index contributed by atoms with van der Waals surface area (Å²) in [5, 5.41) is 0. The van der Waals surface area contributed by atoms with Crippen molar-refractivity contribution in [2.24, 2.45) is 34.5 Å². The van der Waals surface area contributed by atoms with Gasteiger partial charge in [0.05, 0.1) is 12.7 Å². The molecule has 2 aliphatic rings. The summed E-state index contributed by atoms with van der Waals surface area (Å²) in [7, 11) is 0. The summed E-state index contributed by atoms with van der Waals surface area (Å²) in [4.78, 5) is 0. The Morgan fingerprint density at radius 1 is 1.16 bits per heavy atom. The Balaban J connectivity index is 2.01. The van der Waals surface area contributed by atoms with Crippen molar-refractivity contribution >= 4 is 0 Å². The van der Waals surface area contributed by atoms with Crippen molar-refractivity contribution in [3.63, 3.8) is 0 Å². The number of hydrogen-bond donors (Lipinski definition) is 0. The minimum Gasteiger partial charge on any atom is -0.353 e. The van der Waals surface area contributed by atoms with Crippen LogP contribution in [0.1, 0.15) is 81.6 Å². The Labute approximate surface area is 156 Å². The summed E-state index contributed by atoms with van der Waals surface area (Å²) in [5.41, 5.74) is 2.50. The first-order chi connectivity index (χ1) is 11.4. The number of allylic oxidation sites excluding steroid dienone is 1. The van der Waals surface area contributed by atoms with Crippen molar-refractivity contribution in [2.45, 2.75) is 94.0 Å². The van der Waals surface area contributed by atoms with Crippen LogP contribution in [0.25, 0.3) is 0 Å². The highest BCUT2D eigenvalue weighted by atomic mass is 16.7. The molecule has 0 aromatic rings. The van der Waals surface area contributed by atoms with Crippen LogP contribution in [-0.4, -0.2) is 19.0 Å². The van der Waals surface area contributed by atoms with Crippen LogP contribution < -0.4 is 0 Å². The molecule has 0 bridgehead atoms. The van der Waals surface area contributed by atoms with E-state index < -0.39 is 0 Å². The molecule has 2 nitrogen and oxygen atoms in total. The third-order valence-corrected chi connectivity index (χ3v) is 6.07. The number of fused-ring (bicyclic) bond motifs is 1. The summed E-state index contributed by atoms with van der Waals surface area (Å²) < 4.78 is 12.0. The molecule has 5 atom stereocenters. The van der Waals surface area contributed by atoms with E-state index >= 15 is 0 Å². The molecular weight excluding hydrogens is 308 g/mol. The molecule has 2 heteroatoms. The second kappa shape index (κ2) is 7.72. The van der Waals surface area contributed by atoms with Gasteiger partial charge in [0.25, 0.3) is 0 Å². The molecule has 0 aromatic carbocycles. The van der Waals surface area contributed by atoms with Crippen LogP contribution in [0.3, 0.4) is 0 Å². The van der Waals surface area contributed by atoms with Gasteiger partial charge < -0.3 is 9.47 Å². The first kappa shape index (κ1) is 21.0. The Kier molecular flexibility index (Phi) is 6.48. The van der Waals surface area contributed by atoms with Crippen LogP contribution in [0.5, 0.6) is 0 Å². The molecule has 2 aliphatic carbocycles. The molecule has 2 rings (SSSR count). The topological polar surface area (TPSA) is 18.5 Å². The van der Waals surface area contributed by atoms with Gasteiger partial charge in [0.15, 0.2) is 6.29 Å². The fourth-order valence-corrected chi connectivity index (χ4v) is 4.73. The lowest BCUT2D eigenvalue weighted by molar-refractivity contribution is -0.156. The molecule has 1 fully saturated rings. The van der Waals surface area contributed by atoms with E-state index in [9.17, 15) is 0 Å². The lowest BCUT2D eigenvalue weighted by Crippen LogP contribution is -2.25. The summed E-state index contributed by atoms with van der Waals surface area (Å²) in [6.45, 7) is 21.6. The summed E-state index contributed by atoms with van der Waals surface area (Å²) in [5.74, 6) is 2.83. The summed E-state index contributed by atoms with van der Waals surface area (Å²) in [6, 6.07) is 0. The largest absolute Gasteiger partial charge is 0.353 e. The molecule has 146 valence electrons. The van der Waals surface area contributed by atoms with Crippen molar-refractivity contribution in [2.75, 3.05) is 6.61 Å². The molecule has 1 saturated carbocycles. The third-order valence-electron chi connectivity index (χ3n) is 6.07. The van der Waals surface area contributed by atoms with Crippen LogP contribution >= 0.6 is 0 Å². The van der Waals surface area contributed by atoms with E-state index in [-0.39, 0.29) is 12.4 Å². The Hall–Kier alpha value is -0.340. The molecule has 0 amide bonds.